The average molecular weight is 183 g/mol. The van der Waals surface area contributed by atoms with E-state index in [1.54, 1.807) is 0 Å². The van der Waals surface area contributed by atoms with Gasteiger partial charge >= 0.3 is 10.1 Å². The molecule has 0 aromatic carbocycles. The van der Waals surface area contributed by atoms with Crippen molar-refractivity contribution < 1.29 is 22.5 Å². The zero-order valence-electron chi connectivity index (χ0n) is 6.07. The Balaban J connectivity index is 4.56. The normalized spacial score (nSPS) is 14.1. The molecule has 2 N–H and O–H groups in total. The van der Waals surface area contributed by atoms with E-state index in [1.807, 2.05) is 5.32 Å². The lowest BCUT2D eigenvalue weighted by molar-refractivity contribution is -0.126. The Morgan fingerprint density at radius 2 is 2.09 bits per heavy atom. The van der Waals surface area contributed by atoms with E-state index in [0.29, 0.717) is 0 Å². The predicted molar refractivity (Wildman–Crippen MR) is 36.4 cm³/mol. The van der Waals surface area contributed by atoms with Crippen LogP contribution in [0.1, 0.15) is 0 Å². The molecule has 66 valence electrons. The second kappa shape index (κ2) is 3.65. The molecule has 7 heteroatoms. The minimum absolute atomic E-state index is 0.907. The maximum absolute atomic E-state index is 10.6. The summed E-state index contributed by atoms with van der Waals surface area (Å²) in [5.74, 6) is -0.907. The SMILES string of the molecule is CNC(=O)C(OC)S(=O)(=O)O. The molecule has 0 saturated carbocycles. The van der Waals surface area contributed by atoms with E-state index >= 15 is 0 Å². The largest absolute Gasteiger partial charge is 0.356 e. The van der Waals surface area contributed by atoms with Gasteiger partial charge in [0.15, 0.2) is 0 Å². The smallest absolute Gasteiger partial charge is 0.301 e. The van der Waals surface area contributed by atoms with Crippen molar-refractivity contribution in [1.82, 2.24) is 5.32 Å². The van der Waals surface area contributed by atoms with Crippen LogP contribution in [0, 0.1) is 0 Å². The molecule has 1 unspecified atom stereocenters. The first kappa shape index (κ1) is 10.3. The Morgan fingerprint density at radius 1 is 1.64 bits per heavy atom. The van der Waals surface area contributed by atoms with Gasteiger partial charge in [-0.3, -0.25) is 9.35 Å². The van der Waals surface area contributed by atoms with Gasteiger partial charge in [0.25, 0.3) is 11.3 Å². The molecule has 1 amide bonds. The van der Waals surface area contributed by atoms with Crippen molar-refractivity contribution in [2.45, 2.75) is 5.44 Å². The van der Waals surface area contributed by atoms with Gasteiger partial charge in [-0.05, 0) is 0 Å². The third-order valence-electron chi connectivity index (χ3n) is 0.945. The van der Waals surface area contributed by atoms with Gasteiger partial charge in [0.2, 0.25) is 0 Å². The van der Waals surface area contributed by atoms with Crippen LogP contribution in [0.15, 0.2) is 0 Å². The number of likely N-dealkylation sites (N-methyl/N-ethyl adjacent to an activating group) is 1. The summed E-state index contributed by atoms with van der Waals surface area (Å²) in [7, 11) is -2.22. The van der Waals surface area contributed by atoms with Gasteiger partial charge in [0, 0.05) is 14.2 Å². The van der Waals surface area contributed by atoms with Gasteiger partial charge in [-0.15, -0.1) is 0 Å². The Morgan fingerprint density at radius 3 is 2.18 bits per heavy atom. The van der Waals surface area contributed by atoms with E-state index in [1.165, 1.54) is 7.05 Å². The highest BCUT2D eigenvalue weighted by Gasteiger charge is 2.29. The summed E-state index contributed by atoms with van der Waals surface area (Å²) in [5, 5.41) is 2.02. The molecule has 0 radical (unpaired) electrons. The minimum atomic E-state index is -4.46. The third kappa shape index (κ3) is 2.83. The van der Waals surface area contributed by atoms with E-state index in [-0.39, 0.29) is 0 Å². The highest BCUT2D eigenvalue weighted by Crippen LogP contribution is 1.98. The lowest BCUT2D eigenvalue weighted by Gasteiger charge is -2.08. The molecule has 0 heterocycles. The fourth-order valence-electron chi connectivity index (χ4n) is 0.482. The van der Waals surface area contributed by atoms with Crippen LogP contribution in [0.2, 0.25) is 0 Å². The van der Waals surface area contributed by atoms with Gasteiger partial charge in [-0.25, -0.2) is 0 Å². The van der Waals surface area contributed by atoms with Crippen LogP contribution >= 0.6 is 0 Å². The van der Waals surface area contributed by atoms with Crippen LogP contribution < -0.4 is 5.32 Å². The van der Waals surface area contributed by atoms with Crippen LogP contribution in [0.5, 0.6) is 0 Å². The Labute approximate surface area is 64.3 Å². The quantitative estimate of drug-likeness (QED) is 0.524. The van der Waals surface area contributed by atoms with Gasteiger partial charge in [0.05, 0.1) is 0 Å². The average Bonchev–Trinajstić information content (AvgIpc) is 1.86. The van der Waals surface area contributed by atoms with Crippen LogP contribution in [0.3, 0.4) is 0 Å². The van der Waals surface area contributed by atoms with E-state index in [2.05, 4.69) is 4.74 Å². The Hall–Kier alpha value is -0.660. The summed E-state index contributed by atoms with van der Waals surface area (Å²) in [6, 6.07) is 0. The van der Waals surface area contributed by atoms with E-state index < -0.39 is 21.5 Å². The standard InChI is InChI=1S/C4H9NO5S/c1-5-3(6)4(10-2)11(7,8)9/h4H,1-2H3,(H,5,6)(H,7,8,9). The predicted octanol–water partition coefficient (Wildman–Crippen LogP) is -1.41. The highest BCUT2D eigenvalue weighted by molar-refractivity contribution is 7.87. The van der Waals surface area contributed by atoms with E-state index in [9.17, 15) is 13.2 Å². The second-order valence-corrected chi connectivity index (χ2v) is 3.15. The zero-order valence-corrected chi connectivity index (χ0v) is 6.88. The van der Waals surface area contributed by atoms with Gasteiger partial charge in [0.1, 0.15) is 0 Å². The number of ether oxygens (including phenoxy) is 1. The summed E-state index contributed by atoms with van der Waals surface area (Å²) in [6.45, 7) is 0. The van der Waals surface area contributed by atoms with Crippen molar-refractivity contribution in [2.24, 2.45) is 0 Å². The summed E-state index contributed by atoms with van der Waals surface area (Å²) in [5.41, 5.74) is -1.84. The molecule has 0 bridgehead atoms. The molecule has 0 fully saturated rings. The summed E-state index contributed by atoms with van der Waals surface area (Å²) in [4.78, 5) is 10.6. The number of hydrogen-bond donors (Lipinski definition) is 2. The second-order valence-electron chi connectivity index (χ2n) is 1.70. The van der Waals surface area contributed by atoms with Gasteiger partial charge in [-0.2, -0.15) is 8.42 Å². The molecule has 0 aliphatic carbocycles. The fourth-order valence-corrected chi connectivity index (χ4v) is 1.11. The lowest BCUT2D eigenvalue weighted by atomic mass is 10.6. The van der Waals surface area contributed by atoms with Crippen molar-refractivity contribution in [2.75, 3.05) is 14.2 Å². The first-order valence-corrected chi connectivity index (χ1v) is 4.14. The number of amides is 1. The molecule has 0 rings (SSSR count). The molecule has 1 atom stereocenters. The molecule has 0 aliphatic heterocycles. The number of carbonyl (C=O) groups excluding carboxylic acids is 1. The Bertz CT molecular complexity index is 233. The molecular weight excluding hydrogens is 174 g/mol. The molecule has 0 saturated heterocycles. The third-order valence-corrected chi connectivity index (χ3v) is 1.89. The molecular formula is C4H9NO5S. The molecule has 6 nitrogen and oxygen atoms in total. The van der Waals surface area contributed by atoms with Crippen LogP contribution in [-0.2, 0) is 19.6 Å². The molecule has 11 heavy (non-hydrogen) atoms. The topological polar surface area (TPSA) is 92.7 Å². The van der Waals surface area contributed by atoms with Crippen LogP contribution in [0.4, 0.5) is 0 Å². The Kier molecular flexibility index (Phi) is 3.43. The molecule has 0 aromatic rings. The maximum Gasteiger partial charge on any atom is 0.301 e. The van der Waals surface area contributed by atoms with Crippen molar-refractivity contribution in [3.05, 3.63) is 0 Å². The first-order valence-electron chi connectivity index (χ1n) is 2.64. The van der Waals surface area contributed by atoms with Crippen molar-refractivity contribution >= 4 is 16.0 Å². The number of nitrogens with one attached hydrogen (secondary N) is 1. The fraction of sp³-hybridized carbons (Fsp3) is 0.750. The monoisotopic (exact) mass is 183 g/mol. The lowest BCUT2D eigenvalue weighted by Crippen LogP contribution is -2.39. The number of rotatable bonds is 3. The summed E-state index contributed by atoms with van der Waals surface area (Å²) < 4.78 is 33.2. The number of hydrogen-bond acceptors (Lipinski definition) is 4. The molecule has 0 aromatic heterocycles. The van der Waals surface area contributed by atoms with Crippen LogP contribution in [-0.4, -0.2) is 38.5 Å². The number of methoxy groups -OCH3 is 1. The van der Waals surface area contributed by atoms with E-state index in [4.69, 9.17) is 4.55 Å². The van der Waals surface area contributed by atoms with Gasteiger partial charge in [-0.1, -0.05) is 0 Å². The minimum Gasteiger partial charge on any atom is -0.356 e. The summed E-state index contributed by atoms with van der Waals surface area (Å²) >= 11 is 0. The number of carbonyl (C=O) groups is 1. The van der Waals surface area contributed by atoms with Crippen LogP contribution in [0.25, 0.3) is 0 Å². The van der Waals surface area contributed by atoms with Crippen molar-refractivity contribution in [1.29, 1.82) is 0 Å². The van der Waals surface area contributed by atoms with Crippen molar-refractivity contribution in [3.8, 4) is 0 Å². The molecule has 0 spiro atoms. The van der Waals surface area contributed by atoms with E-state index in [0.717, 1.165) is 7.11 Å². The zero-order chi connectivity index (χ0) is 9.07. The highest BCUT2D eigenvalue weighted by atomic mass is 32.2. The van der Waals surface area contributed by atoms with Crippen molar-refractivity contribution in [3.63, 3.8) is 0 Å². The van der Waals surface area contributed by atoms with Gasteiger partial charge < -0.3 is 10.1 Å². The first-order chi connectivity index (χ1) is 4.93. The molecule has 0 aliphatic rings. The summed E-state index contributed by atoms with van der Waals surface area (Å²) in [6.07, 6.45) is 0. The maximum atomic E-state index is 10.6.